The lowest BCUT2D eigenvalue weighted by atomic mass is 10.1. The summed E-state index contributed by atoms with van der Waals surface area (Å²) in [5.41, 5.74) is 2.42. The number of amides is 2. The number of ether oxygens (including phenoxy) is 1. The van der Waals surface area contributed by atoms with Crippen LogP contribution in [0.4, 0.5) is 20.3 Å². The second kappa shape index (κ2) is 13.4. The summed E-state index contributed by atoms with van der Waals surface area (Å²) in [6.45, 7) is 2.55. The molecule has 2 atom stereocenters. The standard InChI is InChI=1S/C30H30F2N8O4/c1-17-13-18(3-4-20(17)29(42)35-8-2-9-36-30(43)22-14-19(41)15-37-22)39-27-28-38-16-23(40(28)11-10-34-27)21-5-6-24(44-12-7-33)26(32)25(21)31/h3-6,10-11,13,16,19,22,37,41H,2,8-9,12,14-15H2,1H3,(H,34,39)(H,35,42)(H,36,43)/t19-,22+/m1/s1. The average Bonchev–Trinajstić information content (AvgIpc) is 3.65. The van der Waals surface area contributed by atoms with Crippen LogP contribution in [0.1, 0.15) is 28.8 Å². The van der Waals surface area contributed by atoms with Gasteiger partial charge in [-0.05, 0) is 55.7 Å². The predicted molar refractivity (Wildman–Crippen MR) is 156 cm³/mol. The molecule has 0 saturated carbocycles. The number of nitriles is 1. The van der Waals surface area contributed by atoms with Gasteiger partial charge in [-0.3, -0.25) is 14.0 Å². The van der Waals surface area contributed by atoms with Crippen LogP contribution in [0, 0.1) is 29.9 Å². The quantitative estimate of drug-likeness (QED) is 0.162. The second-order valence-electron chi connectivity index (χ2n) is 10.2. The minimum absolute atomic E-state index is 0.0456. The van der Waals surface area contributed by atoms with Crippen LogP contribution < -0.4 is 26.0 Å². The minimum atomic E-state index is -1.20. The van der Waals surface area contributed by atoms with E-state index in [-0.39, 0.29) is 28.8 Å². The molecule has 2 amide bonds. The van der Waals surface area contributed by atoms with Gasteiger partial charge >= 0.3 is 0 Å². The molecule has 1 aliphatic heterocycles. The highest BCUT2D eigenvalue weighted by Gasteiger charge is 2.27. The zero-order valence-corrected chi connectivity index (χ0v) is 23.7. The van der Waals surface area contributed by atoms with Crippen LogP contribution in [0.15, 0.2) is 48.9 Å². The number of rotatable bonds is 11. The highest BCUT2D eigenvalue weighted by Crippen LogP contribution is 2.32. The molecule has 2 aromatic heterocycles. The summed E-state index contributed by atoms with van der Waals surface area (Å²) in [6.07, 6.45) is 4.88. The number of aromatic nitrogens is 3. The molecule has 44 heavy (non-hydrogen) atoms. The Bertz CT molecular complexity index is 1740. The number of nitrogens with one attached hydrogen (secondary N) is 4. The first kappa shape index (κ1) is 30.3. The predicted octanol–water partition coefficient (Wildman–Crippen LogP) is 2.59. The number of carbonyl (C=O) groups excluding carboxylic acids is 2. The number of benzene rings is 2. The van der Waals surface area contributed by atoms with E-state index in [9.17, 15) is 23.5 Å². The van der Waals surface area contributed by atoms with E-state index in [4.69, 9.17) is 10.00 Å². The molecule has 0 spiro atoms. The van der Waals surface area contributed by atoms with Crippen molar-refractivity contribution < 1.29 is 28.2 Å². The van der Waals surface area contributed by atoms with Gasteiger partial charge < -0.3 is 31.1 Å². The maximum Gasteiger partial charge on any atom is 0.251 e. The van der Waals surface area contributed by atoms with Gasteiger partial charge in [0.1, 0.15) is 6.07 Å². The van der Waals surface area contributed by atoms with E-state index in [2.05, 4.69) is 31.2 Å². The Morgan fingerprint density at radius 3 is 2.75 bits per heavy atom. The van der Waals surface area contributed by atoms with Crippen molar-refractivity contribution in [2.45, 2.75) is 31.9 Å². The summed E-state index contributed by atoms with van der Waals surface area (Å²) in [5, 5.41) is 30.0. The van der Waals surface area contributed by atoms with E-state index < -0.39 is 30.4 Å². The molecule has 2 aromatic carbocycles. The number of hydrogen-bond acceptors (Lipinski definition) is 9. The maximum atomic E-state index is 14.9. The molecule has 12 nitrogen and oxygen atoms in total. The van der Waals surface area contributed by atoms with Crippen LogP contribution in [0.25, 0.3) is 16.9 Å². The third-order valence-electron chi connectivity index (χ3n) is 7.14. The molecular weight excluding hydrogens is 574 g/mol. The van der Waals surface area contributed by atoms with Crippen molar-refractivity contribution in [1.29, 1.82) is 5.26 Å². The van der Waals surface area contributed by atoms with Gasteiger partial charge in [0.25, 0.3) is 5.91 Å². The number of aliphatic hydroxyl groups excluding tert-OH is 1. The molecule has 0 aliphatic carbocycles. The SMILES string of the molecule is Cc1cc(Nc2nccn3c(-c4ccc(OCC#N)c(F)c4F)cnc23)ccc1C(=O)NCCCNC(=O)[C@@H]1C[C@@H](O)CN1. The number of hydrogen-bond donors (Lipinski definition) is 5. The molecular formula is C30H30F2N8O4. The summed E-state index contributed by atoms with van der Waals surface area (Å²) >= 11 is 0. The van der Waals surface area contributed by atoms with E-state index in [0.29, 0.717) is 60.8 Å². The van der Waals surface area contributed by atoms with E-state index in [1.165, 1.54) is 24.5 Å². The lowest BCUT2D eigenvalue weighted by Crippen LogP contribution is -2.41. The van der Waals surface area contributed by atoms with Crippen LogP contribution in [-0.4, -0.2) is 69.7 Å². The summed E-state index contributed by atoms with van der Waals surface area (Å²) in [5.74, 6) is -2.76. The first-order valence-electron chi connectivity index (χ1n) is 13.9. The topological polar surface area (TPSA) is 166 Å². The third kappa shape index (κ3) is 6.59. The molecule has 5 N–H and O–H groups in total. The van der Waals surface area contributed by atoms with Crippen LogP contribution in [-0.2, 0) is 4.79 Å². The second-order valence-corrected chi connectivity index (χ2v) is 10.2. The number of anilines is 2. The fourth-order valence-corrected chi connectivity index (χ4v) is 4.93. The smallest absolute Gasteiger partial charge is 0.251 e. The number of fused-ring (bicyclic) bond motifs is 1. The lowest BCUT2D eigenvalue weighted by molar-refractivity contribution is -0.122. The fraction of sp³-hybridized carbons (Fsp3) is 0.300. The van der Waals surface area contributed by atoms with Gasteiger partial charge in [0.05, 0.1) is 24.0 Å². The summed E-state index contributed by atoms with van der Waals surface area (Å²) in [4.78, 5) is 33.5. The fourth-order valence-electron chi connectivity index (χ4n) is 4.93. The molecule has 4 aromatic rings. The van der Waals surface area contributed by atoms with Gasteiger partial charge in [-0.1, -0.05) is 0 Å². The van der Waals surface area contributed by atoms with E-state index in [0.717, 1.165) is 0 Å². The van der Waals surface area contributed by atoms with Crippen molar-refractivity contribution in [3.63, 3.8) is 0 Å². The van der Waals surface area contributed by atoms with Gasteiger partial charge in [-0.2, -0.15) is 9.65 Å². The van der Waals surface area contributed by atoms with Gasteiger partial charge in [-0.15, -0.1) is 0 Å². The molecule has 5 rings (SSSR count). The minimum Gasteiger partial charge on any atom is -0.476 e. The van der Waals surface area contributed by atoms with Crippen molar-refractivity contribution in [2.24, 2.45) is 0 Å². The number of carbonyl (C=O) groups is 2. The zero-order valence-electron chi connectivity index (χ0n) is 23.7. The Kier molecular flexibility index (Phi) is 9.27. The highest BCUT2D eigenvalue weighted by atomic mass is 19.2. The largest absolute Gasteiger partial charge is 0.476 e. The third-order valence-corrected chi connectivity index (χ3v) is 7.14. The van der Waals surface area contributed by atoms with E-state index in [1.54, 1.807) is 41.8 Å². The number of imidazole rings is 1. The van der Waals surface area contributed by atoms with Crippen LogP contribution in [0.3, 0.4) is 0 Å². The number of β-amino-alcohol motifs (C(OH)–C–C–N with tert-alkyl or cyclic N) is 1. The van der Waals surface area contributed by atoms with Crippen molar-refractivity contribution in [3.8, 4) is 23.1 Å². The van der Waals surface area contributed by atoms with E-state index in [1.807, 2.05) is 0 Å². The highest BCUT2D eigenvalue weighted by molar-refractivity contribution is 5.96. The molecule has 0 unspecified atom stereocenters. The molecule has 228 valence electrons. The first-order valence-corrected chi connectivity index (χ1v) is 13.9. The van der Waals surface area contributed by atoms with Crippen LogP contribution in [0.2, 0.25) is 0 Å². The summed E-state index contributed by atoms with van der Waals surface area (Å²) in [6, 6.07) is 9.10. The van der Waals surface area contributed by atoms with Crippen molar-refractivity contribution in [1.82, 2.24) is 30.3 Å². The zero-order chi connectivity index (χ0) is 31.2. The number of halogens is 2. The summed E-state index contributed by atoms with van der Waals surface area (Å²) < 4.78 is 36.0. The Labute approximate surface area is 251 Å². The van der Waals surface area contributed by atoms with Gasteiger partial charge in [0.15, 0.2) is 29.6 Å². The van der Waals surface area contributed by atoms with Gasteiger partial charge in [0, 0.05) is 48.8 Å². The monoisotopic (exact) mass is 604 g/mol. The molecule has 0 bridgehead atoms. The van der Waals surface area contributed by atoms with Crippen molar-refractivity contribution in [2.75, 3.05) is 31.6 Å². The Hall–Kier alpha value is -5.13. The normalized spacial score (nSPS) is 16.0. The number of aliphatic hydroxyl groups is 1. The molecule has 14 heteroatoms. The first-order chi connectivity index (χ1) is 21.3. The Morgan fingerprint density at radius 2 is 2.00 bits per heavy atom. The number of nitrogens with zero attached hydrogens (tertiary/aromatic N) is 4. The molecule has 1 aliphatic rings. The molecule has 0 radical (unpaired) electrons. The molecule has 1 saturated heterocycles. The summed E-state index contributed by atoms with van der Waals surface area (Å²) in [7, 11) is 0. The lowest BCUT2D eigenvalue weighted by Gasteiger charge is -2.13. The average molecular weight is 605 g/mol. The van der Waals surface area contributed by atoms with Crippen LogP contribution in [0.5, 0.6) is 5.75 Å². The van der Waals surface area contributed by atoms with Gasteiger partial charge in [0.2, 0.25) is 11.7 Å². The van der Waals surface area contributed by atoms with Crippen LogP contribution >= 0.6 is 0 Å². The molecule has 1 fully saturated rings. The Balaban J connectivity index is 1.21. The van der Waals surface area contributed by atoms with Crippen molar-refractivity contribution in [3.05, 3.63) is 71.7 Å². The molecule has 3 heterocycles. The van der Waals surface area contributed by atoms with Crippen molar-refractivity contribution >= 4 is 29.0 Å². The number of aryl methyl sites for hydroxylation is 1. The Morgan fingerprint density at radius 1 is 1.18 bits per heavy atom. The van der Waals surface area contributed by atoms with Gasteiger partial charge in [-0.25, -0.2) is 14.4 Å². The van der Waals surface area contributed by atoms with E-state index >= 15 is 0 Å². The maximum absolute atomic E-state index is 14.9.